The number of nitrogens with one attached hydrogen (secondary N) is 2. The van der Waals surface area contributed by atoms with E-state index in [2.05, 4.69) is 10.6 Å². The van der Waals surface area contributed by atoms with Crippen LogP contribution in [-0.4, -0.2) is 25.5 Å². The van der Waals surface area contributed by atoms with Crippen LogP contribution in [-0.2, 0) is 16.4 Å². The van der Waals surface area contributed by atoms with Crippen molar-refractivity contribution in [3.05, 3.63) is 35.4 Å². The Morgan fingerprint density at radius 3 is 2.55 bits per heavy atom. The number of rotatable bonds is 5. The maximum Gasteiger partial charge on any atom is 0.416 e. The van der Waals surface area contributed by atoms with Crippen molar-refractivity contribution in [3.63, 3.8) is 0 Å². The predicted octanol–water partition coefficient (Wildman–Crippen LogP) is 2.85. The minimum Gasteiger partial charge on any atom is -0.354 e. The summed E-state index contributed by atoms with van der Waals surface area (Å²) in [6, 6.07) is 5.26. The quantitative estimate of drug-likeness (QED) is 0.877. The van der Waals surface area contributed by atoms with Gasteiger partial charge in [0, 0.05) is 12.6 Å². The number of likely N-dealkylation sites (N-methyl/N-ethyl adjacent to an activating group) is 1. The van der Waals surface area contributed by atoms with Gasteiger partial charge in [-0.25, -0.2) is 0 Å². The van der Waals surface area contributed by atoms with Crippen molar-refractivity contribution < 1.29 is 18.0 Å². The van der Waals surface area contributed by atoms with Crippen molar-refractivity contribution in [1.82, 2.24) is 10.6 Å². The molecular formula is C16H21F3N2O. The first-order chi connectivity index (χ1) is 10.3. The zero-order valence-electron chi connectivity index (χ0n) is 12.8. The standard InChI is InChI=1S/C16H21F3N2O/c1-11(20-2)10-21-14(22)15(7-4-8-15)12-5-3-6-13(9-12)16(17,18)19/h3,5-6,9,11,20H,4,7-8,10H2,1-2H3,(H,21,22). The first-order valence-electron chi connectivity index (χ1n) is 7.43. The Bertz CT molecular complexity index is 538. The summed E-state index contributed by atoms with van der Waals surface area (Å²) in [5.74, 6) is -0.180. The van der Waals surface area contributed by atoms with E-state index in [0.29, 0.717) is 24.9 Å². The van der Waals surface area contributed by atoms with Crippen LogP contribution in [0.25, 0.3) is 0 Å². The fourth-order valence-corrected chi connectivity index (χ4v) is 2.69. The zero-order valence-corrected chi connectivity index (χ0v) is 12.8. The first kappa shape index (κ1) is 16.8. The molecule has 1 amide bonds. The molecule has 0 aliphatic heterocycles. The van der Waals surface area contributed by atoms with E-state index in [4.69, 9.17) is 0 Å². The molecule has 0 spiro atoms. The minimum atomic E-state index is -4.39. The Kier molecular flexibility index (Phi) is 4.80. The lowest BCUT2D eigenvalue weighted by Crippen LogP contribution is -2.51. The molecule has 1 aliphatic carbocycles. The Balaban J connectivity index is 2.22. The van der Waals surface area contributed by atoms with E-state index < -0.39 is 17.2 Å². The molecule has 1 aromatic rings. The minimum absolute atomic E-state index is 0.114. The molecule has 0 bridgehead atoms. The van der Waals surface area contributed by atoms with Gasteiger partial charge in [0.2, 0.25) is 5.91 Å². The number of halogens is 3. The summed E-state index contributed by atoms with van der Waals surface area (Å²) in [7, 11) is 1.79. The third-order valence-corrected chi connectivity index (χ3v) is 4.45. The van der Waals surface area contributed by atoms with Gasteiger partial charge >= 0.3 is 6.18 Å². The fraction of sp³-hybridized carbons (Fsp3) is 0.562. The Morgan fingerprint density at radius 1 is 1.36 bits per heavy atom. The van der Waals surface area contributed by atoms with Gasteiger partial charge in [0.05, 0.1) is 11.0 Å². The number of benzene rings is 1. The van der Waals surface area contributed by atoms with E-state index in [0.717, 1.165) is 18.6 Å². The zero-order chi connectivity index (χ0) is 16.4. The highest BCUT2D eigenvalue weighted by atomic mass is 19.4. The van der Waals surface area contributed by atoms with Gasteiger partial charge in [-0.05, 0) is 38.4 Å². The van der Waals surface area contributed by atoms with E-state index in [1.165, 1.54) is 6.07 Å². The van der Waals surface area contributed by atoms with Gasteiger partial charge in [0.15, 0.2) is 0 Å². The maximum atomic E-state index is 12.9. The molecule has 0 saturated heterocycles. The molecule has 1 atom stereocenters. The molecular weight excluding hydrogens is 293 g/mol. The number of carbonyl (C=O) groups excluding carboxylic acids is 1. The SMILES string of the molecule is CNC(C)CNC(=O)C1(c2cccc(C(F)(F)F)c2)CCC1. The largest absolute Gasteiger partial charge is 0.416 e. The lowest BCUT2D eigenvalue weighted by Gasteiger charge is -2.41. The van der Waals surface area contributed by atoms with Crippen LogP contribution in [0.15, 0.2) is 24.3 Å². The molecule has 0 heterocycles. The van der Waals surface area contributed by atoms with Gasteiger partial charge in [-0.1, -0.05) is 24.6 Å². The molecule has 2 N–H and O–H groups in total. The summed E-state index contributed by atoms with van der Waals surface area (Å²) in [5.41, 5.74) is -1.05. The molecule has 22 heavy (non-hydrogen) atoms. The van der Waals surface area contributed by atoms with Crippen molar-refractivity contribution >= 4 is 5.91 Å². The summed E-state index contributed by atoms with van der Waals surface area (Å²) >= 11 is 0. The van der Waals surface area contributed by atoms with Crippen LogP contribution < -0.4 is 10.6 Å². The van der Waals surface area contributed by atoms with E-state index in [9.17, 15) is 18.0 Å². The second-order valence-electron chi connectivity index (χ2n) is 5.91. The summed E-state index contributed by atoms with van der Waals surface area (Å²) in [4.78, 5) is 12.5. The fourth-order valence-electron chi connectivity index (χ4n) is 2.69. The van der Waals surface area contributed by atoms with Crippen molar-refractivity contribution in [1.29, 1.82) is 0 Å². The molecule has 1 unspecified atom stereocenters. The second kappa shape index (κ2) is 6.28. The number of carbonyl (C=O) groups is 1. The van der Waals surface area contributed by atoms with E-state index in [1.807, 2.05) is 6.92 Å². The number of hydrogen-bond donors (Lipinski definition) is 2. The molecule has 0 aromatic heterocycles. The molecule has 0 radical (unpaired) electrons. The highest BCUT2D eigenvalue weighted by Crippen LogP contribution is 2.45. The van der Waals surface area contributed by atoms with Crippen LogP contribution in [0.2, 0.25) is 0 Å². The average molecular weight is 314 g/mol. The molecule has 1 fully saturated rings. The summed E-state index contributed by atoms with van der Waals surface area (Å²) < 4.78 is 38.6. The van der Waals surface area contributed by atoms with Crippen LogP contribution in [0.1, 0.15) is 37.3 Å². The summed E-state index contributed by atoms with van der Waals surface area (Å²) in [5, 5.41) is 5.86. The molecule has 6 heteroatoms. The van der Waals surface area contributed by atoms with Crippen molar-refractivity contribution in [3.8, 4) is 0 Å². The third kappa shape index (κ3) is 3.27. The monoisotopic (exact) mass is 314 g/mol. The van der Waals surface area contributed by atoms with Gasteiger partial charge in [-0.2, -0.15) is 13.2 Å². The maximum absolute atomic E-state index is 12.9. The summed E-state index contributed by atoms with van der Waals surface area (Å²) in [6.45, 7) is 2.38. The van der Waals surface area contributed by atoms with Crippen LogP contribution in [0.3, 0.4) is 0 Å². The van der Waals surface area contributed by atoms with Crippen LogP contribution in [0.4, 0.5) is 13.2 Å². The number of alkyl halides is 3. The smallest absolute Gasteiger partial charge is 0.354 e. The van der Waals surface area contributed by atoms with Crippen molar-refractivity contribution in [2.24, 2.45) is 0 Å². The van der Waals surface area contributed by atoms with Gasteiger partial charge in [-0.15, -0.1) is 0 Å². The molecule has 1 aromatic carbocycles. The predicted molar refractivity (Wildman–Crippen MR) is 78.5 cm³/mol. The van der Waals surface area contributed by atoms with Gasteiger partial charge in [0.1, 0.15) is 0 Å². The van der Waals surface area contributed by atoms with Gasteiger partial charge < -0.3 is 10.6 Å². The number of hydrogen-bond acceptors (Lipinski definition) is 2. The summed E-state index contributed by atoms with van der Waals surface area (Å²) in [6.07, 6.45) is -2.36. The molecule has 1 aliphatic rings. The average Bonchev–Trinajstić information content (AvgIpc) is 2.43. The first-order valence-corrected chi connectivity index (χ1v) is 7.43. The normalized spacial score (nSPS) is 18.4. The Hall–Kier alpha value is -1.56. The lowest BCUT2D eigenvalue weighted by molar-refractivity contribution is -0.138. The second-order valence-corrected chi connectivity index (χ2v) is 5.91. The lowest BCUT2D eigenvalue weighted by atomic mass is 9.63. The van der Waals surface area contributed by atoms with Gasteiger partial charge in [-0.3, -0.25) is 4.79 Å². The molecule has 3 nitrogen and oxygen atoms in total. The molecule has 1 saturated carbocycles. The Morgan fingerprint density at radius 2 is 2.05 bits per heavy atom. The van der Waals surface area contributed by atoms with Crippen molar-refractivity contribution in [2.75, 3.05) is 13.6 Å². The van der Waals surface area contributed by atoms with Crippen LogP contribution >= 0.6 is 0 Å². The van der Waals surface area contributed by atoms with E-state index >= 15 is 0 Å². The van der Waals surface area contributed by atoms with Crippen LogP contribution in [0, 0.1) is 0 Å². The Labute approximate surface area is 128 Å². The highest BCUT2D eigenvalue weighted by Gasteiger charge is 2.46. The highest BCUT2D eigenvalue weighted by molar-refractivity contribution is 5.89. The third-order valence-electron chi connectivity index (χ3n) is 4.45. The van der Waals surface area contributed by atoms with E-state index in [-0.39, 0.29) is 11.9 Å². The van der Waals surface area contributed by atoms with Gasteiger partial charge in [0.25, 0.3) is 0 Å². The van der Waals surface area contributed by atoms with Crippen molar-refractivity contribution in [2.45, 2.75) is 43.8 Å². The van der Waals surface area contributed by atoms with Crippen LogP contribution in [0.5, 0.6) is 0 Å². The van der Waals surface area contributed by atoms with E-state index in [1.54, 1.807) is 13.1 Å². The molecule has 122 valence electrons. The number of amides is 1. The topological polar surface area (TPSA) is 41.1 Å². The molecule has 2 rings (SSSR count).